The van der Waals surface area contributed by atoms with E-state index in [0.29, 0.717) is 11.8 Å². The van der Waals surface area contributed by atoms with Crippen LogP contribution in [0.15, 0.2) is 11.6 Å². The molecule has 1 nitrogen and oxygen atoms in total. The Balaban J connectivity index is 2.36. The minimum atomic E-state index is -0.361. The molecule has 16 heavy (non-hydrogen) atoms. The van der Waals surface area contributed by atoms with Crippen molar-refractivity contribution in [2.75, 3.05) is 0 Å². The van der Waals surface area contributed by atoms with E-state index in [-0.39, 0.29) is 11.2 Å². The van der Waals surface area contributed by atoms with Crippen LogP contribution in [-0.2, 0) is 4.74 Å². The second-order valence-corrected chi connectivity index (χ2v) is 5.76. The van der Waals surface area contributed by atoms with Gasteiger partial charge in [0.05, 0.1) is 5.60 Å². The minimum absolute atomic E-state index is 0.0845. The van der Waals surface area contributed by atoms with E-state index in [9.17, 15) is 0 Å². The zero-order chi connectivity index (χ0) is 12.0. The average Bonchev–Trinajstić information content (AvgIpc) is 2.63. The van der Waals surface area contributed by atoms with E-state index in [1.165, 1.54) is 12.0 Å². The van der Waals surface area contributed by atoms with Gasteiger partial charge in [0, 0.05) is 0 Å². The third-order valence-electron chi connectivity index (χ3n) is 4.74. The molecule has 1 heterocycles. The van der Waals surface area contributed by atoms with E-state index in [0.717, 1.165) is 12.8 Å². The topological polar surface area (TPSA) is 9.23 Å². The van der Waals surface area contributed by atoms with Gasteiger partial charge < -0.3 is 4.74 Å². The minimum Gasteiger partial charge on any atom is -0.352 e. The second kappa shape index (κ2) is 3.64. The molecule has 1 aliphatic carbocycles. The van der Waals surface area contributed by atoms with Crippen molar-refractivity contribution in [2.24, 2.45) is 11.8 Å². The molecular formula is C15H22O. The lowest BCUT2D eigenvalue weighted by Gasteiger charge is -2.43. The zero-order valence-corrected chi connectivity index (χ0v) is 10.8. The van der Waals surface area contributed by atoms with Crippen molar-refractivity contribution < 1.29 is 4.74 Å². The van der Waals surface area contributed by atoms with Gasteiger partial charge in [0.25, 0.3) is 0 Å². The normalized spacial score (nSPS) is 47.8. The summed E-state index contributed by atoms with van der Waals surface area (Å²) in [4.78, 5) is 0. The summed E-state index contributed by atoms with van der Waals surface area (Å²) < 4.78 is 6.32. The maximum absolute atomic E-state index is 6.32. The average molecular weight is 218 g/mol. The molecule has 0 N–H and O–H groups in total. The molecule has 2 aliphatic rings. The summed E-state index contributed by atoms with van der Waals surface area (Å²) in [5.41, 5.74) is 0.941. The van der Waals surface area contributed by atoms with Gasteiger partial charge >= 0.3 is 0 Å². The van der Waals surface area contributed by atoms with E-state index in [2.05, 4.69) is 32.8 Å². The SMILES string of the molecule is C#C[C@@]1(C)CC[C@]2(O1)C(C)=CC[C@@H](C)[C@H]2C. The Kier molecular flexibility index (Phi) is 2.67. The van der Waals surface area contributed by atoms with Crippen LogP contribution < -0.4 is 0 Å². The van der Waals surface area contributed by atoms with Gasteiger partial charge in [0.1, 0.15) is 5.60 Å². The molecule has 0 bridgehead atoms. The zero-order valence-electron chi connectivity index (χ0n) is 10.8. The first-order valence-corrected chi connectivity index (χ1v) is 6.29. The largest absolute Gasteiger partial charge is 0.352 e. The fourth-order valence-electron chi connectivity index (χ4n) is 3.19. The Morgan fingerprint density at radius 3 is 2.69 bits per heavy atom. The van der Waals surface area contributed by atoms with Gasteiger partial charge in [-0.15, -0.1) is 6.42 Å². The number of hydrogen-bond acceptors (Lipinski definition) is 1. The molecular weight excluding hydrogens is 196 g/mol. The molecule has 1 saturated heterocycles. The van der Waals surface area contributed by atoms with Crippen molar-refractivity contribution in [2.45, 2.75) is 58.2 Å². The molecule has 1 fully saturated rings. The lowest BCUT2D eigenvalue weighted by atomic mass is 9.69. The molecule has 0 aromatic carbocycles. The lowest BCUT2D eigenvalue weighted by molar-refractivity contribution is -0.0886. The van der Waals surface area contributed by atoms with Crippen LogP contribution in [-0.4, -0.2) is 11.2 Å². The van der Waals surface area contributed by atoms with Crippen LogP contribution >= 0.6 is 0 Å². The molecule has 88 valence electrons. The van der Waals surface area contributed by atoms with E-state index in [1.54, 1.807) is 0 Å². The van der Waals surface area contributed by atoms with Gasteiger partial charge in [0.2, 0.25) is 0 Å². The van der Waals surface area contributed by atoms with Crippen LogP contribution in [0.3, 0.4) is 0 Å². The molecule has 0 aromatic rings. The van der Waals surface area contributed by atoms with Crippen LogP contribution in [0.25, 0.3) is 0 Å². The molecule has 1 aliphatic heterocycles. The van der Waals surface area contributed by atoms with Crippen molar-refractivity contribution >= 4 is 0 Å². The molecule has 0 unspecified atom stereocenters. The van der Waals surface area contributed by atoms with Gasteiger partial charge in [0.15, 0.2) is 0 Å². The highest BCUT2D eigenvalue weighted by Crippen LogP contribution is 2.51. The summed E-state index contributed by atoms with van der Waals surface area (Å²) in [5, 5.41) is 0. The van der Waals surface area contributed by atoms with E-state index >= 15 is 0 Å². The molecule has 1 heteroatoms. The number of terminal acetylenes is 1. The molecule has 0 aromatic heterocycles. The fraction of sp³-hybridized carbons (Fsp3) is 0.733. The number of allylic oxidation sites excluding steroid dienone is 1. The van der Waals surface area contributed by atoms with Gasteiger partial charge in [-0.2, -0.15) is 0 Å². The first kappa shape index (κ1) is 11.7. The second-order valence-electron chi connectivity index (χ2n) is 5.76. The Morgan fingerprint density at radius 2 is 2.12 bits per heavy atom. The Labute approximate surface area is 99.3 Å². The quantitative estimate of drug-likeness (QED) is 0.446. The number of ether oxygens (including phenoxy) is 1. The van der Waals surface area contributed by atoms with E-state index in [1.807, 2.05) is 6.92 Å². The van der Waals surface area contributed by atoms with Crippen molar-refractivity contribution in [1.82, 2.24) is 0 Å². The Hall–Kier alpha value is -0.740. The molecule has 1 spiro atoms. The smallest absolute Gasteiger partial charge is 0.126 e. The molecule has 0 saturated carbocycles. The van der Waals surface area contributed by atoms with Crippen molar-refractivity contribution in [3.63, 3.8) is 0 Å². The number of hydrogen-bond donors (Lipinski definition) is 0. The highest BCUT2D eigenvalue weighted by molar-refractivity contribution is 5.26. The predicted octanol–water partition coefficient (Wildman–Crippen LogP) is 3.55. The van der Waals surface area contributed by atoms with Crippen LogP contribution in [0.4, 0.5) is 0 Å². The maximum Gasteiger partial charge on any atom is 0.126 e. The molecule has 4 atom stereocenters. The third-order valence-corrected chi connectivity index (χ3v) is 4.74. The molecule has 0 radical (unpaired) electrons. The predicted molar refractivity (Wildman–Crippen MR) is 67.0 cm³/mol. The highest BCUT2D eigenvalue weighted by Gasteiger charge is 2.52. The summed E-state index contributed by atoms with van der Waals surface area (Å²) in [5.74, 6) is 4.07. The van der Waals surface area contributed by atoms with Gasteiger partial charge in [-0.05, 0) is 50.5 Å². The standard InChI is InChI=1S/C15H22O/c1-6-14(5)9-10-15(16-14)12(3)8-7-11(2)13(15)4/h1,8,11,13H,7,9-10H2,2-5H3/t11-,13-,14+,15+/m1/s1. The number of rotatable bonds is 0. The summed E-state index contributed by atoms with van der Waals surface area (Å²) in [7, 11) is 0. The van der Waals surface area contributed by atoms with E-state index in [4.69, 9.17) is 11.2 Å². The third kappa shape index (κ3) is 1.52. The summed E-state index contributed by atoms with van der Waals surface area (Å²) in [6.07, 6.45) is 11.1. The summed E-state index contributed by atoms with van der Waals surface area (Å²) >= 11 is 0. The van der Waals surface area contributed by atoms with Crippen molar-refractivity contribution in [1.29, 1.82) is 0 Å². The van der Waals surface area contributed by atoms with E-state index < -0.39 is 0 Å². The lowest BCUT2D eigenvalue weighted by Crippen LogP contribution is -2.44. The van der Waals surface area contributed by atoms with Gasteiger partial charge in [-0.25, -0.2) is 0 Å². The highest BCUT2D eigenvalue weighted by atomic mass is 16.5. The maximum atomic E-state index is 6.32. The monoisotopic (exact) mass is 218 g/mol. The van der Waals surface area contributed by atoms with Crippen LogP contribution in [0.2, 0.25) is 0 Å². The van der Waals surface area contributed by atoms with Crippen molar-refractivity contribution in [3.05, 3.63) is 11.6 Å². The Morgan fingerprint density at radius 1 is 1.44 bits per heavy atom. The first-order valence-electron chi connectivity index (χ1n) is 6.29. The molecule has 0 amide bonds. The van der Waals surface area contributed by atoms with Crippen molar-refractivity contribution in [3.8, 4) is 12.3 Å². The summed E-state index contributed by atoms with van der Waals surface area (Å²) in [6.45, 7) is 8.86. The van der Waals surface area contributed by atoms with Gasteiger partial charge in [-0.1, -0.05) is 25.8 Å². The molecule has 2 rings (SSSR count). The van der Waals surface area contributed by atoms with Gasteiger partial charge in [-0.3, -0.25) is 0 Å². The van der Waals surface area contributed by atoms with Crippen LogP contribution in [0, 0.1) is 24.2 Å². The summed E-state index contributed by atoms with van der Waals surface area (Å²) in [6, 6.07) is 0. The van der Waals surface area contributed by atoms with Crippen LogP contribution in [0.5, 0.6) is 0 Å². The Bertz CT molecular complexity index is 362. The first-order chi connectivity index (χ1) is 7.43. The fourth-order valence-corrected chi connectivity index (χ4v) is 3.19. The van der Waals surface area contributed by atoms with Crippen LogP contribution in [0.1, 0.15) is 47.0 Å².